The fourth-order valence-electron chi connectivity index (χ4n) is 3.60. The van der Waals surface area contributed by atoms with Crippen LogP contribution in [0.2, 0.25) is 0 Å². The second-order valence-electron chi connectivity index (χ2n) is 6.69. The molecule has 1 saturated heterocycles. The van der Waals surface area contributed by atoms with Gasteiger partial charge in [-0.05, 0) is 43.7 Å². The van der Waals surface area contributed by atoms with Gasteiger partial charge in [0.1, 0.15) is 0 Å². The number of para-hydroxylation sites is 1. The van der Waals surface area contributed by atoms with Crippen molar-refractivity contribution in [3.63, 3.8) is 0 Å². The van der Waals surface area contributed by atoms with Crippen LogP contribution in [0.3, 0.4) is 0 Å². The first-order valence-electron chi connectivity index (χ1n) is 8.27. The molecule has 2 heterocycles. The van der Waals surface area contributed by atoms with Gasteiger partial charge >= 0.3 is 0 Å². The topological polar surface area (TPSA) is 23.6 Å². The highest BCUT2D eigenvalue weighted by Gasteiger charge is 2.27. The molecule has 0 radical (unpaired) electrons. The van der Waals surface area contributed by atoms with Gasteiger partial charge in [0.2, 0.25) is 5.91 Å². The lowest BCUT2D eigenvalue weighted by Crippen LogP contribution is -2.40. The largest absolute Gasteiger partial charge is 0.368 e. The smallest absolute Gasteiger partial charge is 0.224 e. The fourth-order valence-corrected chi connectivity index (χ4v) is 3.60. The normalized spacial score (nSPS) is 22.5. The number of benzene rings is 1. The van der Waals surface area contributed by atoms with Gasteiger partial charge in [-0.2, -0.15) is 0 Å². The maximum Gasteiger partial charge on any atom is 0.224 e. The van der Waals surface area contributed by atoms with Crippen molar-refractivity contribution in [3.05, 3.63) is 29.8 Å². The molecule has 1 aromatic carbocycles. The van der Waals surface area contributed by atoms with Crippen LogP contribution in [0, 0.1) is 5.92 Å². The minimum Gasteiger partial charge on any atom is -0.368 e. The minimum atomic E-state index is 0.332. The lowest BCUT2D eigenvalue weighted by atomic mass is 9.99. The molecule has 3 rings (SSSR count). The summed E-state index contributed by atoms with van der Waals surface area (Å²) < 4.78 is 0. The summed E-state index contributed by atoms with van der Waals surface area (Å²) >= 11 is 0. The van der Waals surface area contributed by atoms with Gasteiger partial charge in [-0.15, -0.1) is 0 Å². The van der Waals surface area contributed by atoms with E-state index in [0.29, 0.717) is 18.4 Å². The average Bonchev–Trinajstić information content (AvgIpc) is 2.81. The van der Waals surface area contributed by atoms with Crippen molar-refractivity contribution in [2.75, 3.05) is 24.5 Å². The molecule has 21 heavy (non-hydrogen) atoms. The van der Waals surface area contributed by atoms with E-state index >= 15 is 0 Å². The van der Waals surface area contributed by atoms with Crippen LogP contribution in [-0.2, 0) is 11.2 Å². The molecular formula is C18H26N2O. The molecule has 3 heteroatoms. The summed E-state index contributed by atoms with van der Waals surface area (Å²) in [6.07, 6.45) is 4.07. The van der Waals surface area contributed by atoms with Crippen molar-refractivity contribution in [2.45, 2.75) is 45.6 Å². The summed E-state index contributed by atoms with van der Waals surface area (Å²) in [5.41, 5.74) is 2.74. The number of likely N-dealkylation sites (tertiary alicyclic amines) is 1. The van der Waals surface area contributed by atoms with Gasteiger partial charge < -0.3 is 9.80 Å². The van der Waals surface area contributed by atoms with Crippen LogP contribution < -0.4 is 4.90 Å². The molecule has 1 amide bonds. The molecule has 1 unspecified atom stereocenters. The van der Waals surface area contributed by atoms with E-state index in [-0.39, 0.29) is 0 Å². The third-order valence-corrected chi connectivity index (χ3v) is 5.05. The van der Waals surface area contributed by atoms with Crippen molar-refractivity contribution in [2.24, 2.45) is 5.92 Å². The maximum atomic E-state index is 12.4. The van der Waals surface area contributed by atoms with Gasteiger partial charge in [-0.3, -0.25) is 4.79 Å². The predicted octanol–water partition coefficient (Wildman–Crippen LogP) is 3.09. The zero-order chi connectivity index (χ0) is 14.8. The highest BCUT2D eigenvalue weighted by Crippen LogP contribution is 2.31. The van der Waals surface area contributed by atoms with Crippen LogP contribution in [0.25, 0.3) is 0 Å². The molecule has 2 aliphatic rings. The van der Waals surface area contributed by atoms with Crippen LogP contribution >= 0.6 is 0 Å². The quantitative estimate of drug-likeness (QED) is 0.852. The minimum absolute atomic E-state index is 0.332. The zero-order valence-electron chi connectivity index (χ0n) is 13.2. The molecule has 1 fully saturated rings. The summed E-state index contributed by atoms with van der Waals surface area (Å²) in [4.78, 5) is 16.8. The van der Waals surface area contributed by atoms with E-state index in [2.05, 4.69) is 47.9 Å². The van der Waals surface area contributed by atoms with Gasteiger partial charge in [0.15, 0.2) is 0 Å². The van der Waals surface area contributed by atoms with Crippen molar-refractivity contribution < 1.29 is 4.79 Å². The van der Waals surface area contributed by atoms with Crippen molar-refractivity contribution >= 4 is 11.6 Å². The zero-order valence-corrected chi connectivity index (χ0v) is 13.2. The SMILES string of the molecule is CC1CCN(C(=O)CCN2c3ccccc3CC2C)CC1. The molecule has 114 valence electrons. The Kier molecular flexibility index (Phi) is 4.18. The molecule has 0 spiro atoms. The Balaban J connectivity index is 1.57. The Morgan fingerprint density at radius 1 is 1.19 bits per heavy atom. The van der Waals surface area contributed by atoms with Crippen molar-refractivity contribution in [1.82, 2.24) is 4.90 Å². The first kappa shape index (κ1) is 14.4. The number of hydrogen-bond acceptors (Lipinski definition) is 2. The molecule has 0 bridgehead atoms. The van der Waals surface area contributed by atoms with Crippen LogP contribution in [-0.4, -0.2) is 36.5 Å². The van der Waals surface area contributed by atoms with E-state index in [1.807, 2.05) is 0 Å². The van der Waals surface area contributed by atoms with Crippen LogP contribution in [0.4, 0.5) is 5.69 Å². The van der Waals surface area contributed by atoms with Gasteiger partial charge in [0, 0.05) is 37.8 Å². The van der Waals surface area contributed by atoms with Crippen molar-refractivity contribution in [3.8, 4) is 0 Å². The number of fused-ring (bicyclic) bond motifs is 1. The van der Waals surface area contributed by atoms with E-state index in [1.165, 1.54) is 11.3 Å². The number of rotatable bonds is 3. The van der Waals surface area contributed by atoms with E-state index < -0.39 is 0 Å². The van der Waals surface area contributed by atoms with Crippen LogP contribution in [0.15, 0.2) is 24.3 Å². The molecule has 0 N–H and O–H groups in total. The summed E-state index contributed by atoms with van der Waals surface area (Å²) in [6, 6.07) is 9.11. The van der Waals surface area contributed by atoms with Gasteiger partial charge in [0.05, 0.1) is 0 Å². The Morgan fingerprint density at radius 3 is 2.67 bits per heavy atom. The second-order valence-corrected chi connectivity index (χ2v) is 6.69. The van der Waals surface area contributed by atoms with Crippen LogP contribution in [0.1, 0.15) is 38.7 Å². The fraction of sp³-hybridized carbons (Fsp3) is 0.611. The first-order chi connectivity index (χ1) is 10.1. The Hall–Kier alpha value is -1.51. The van der Waals surface area contributed by atoms with E-state index in [9.17, 15) is 4.79 Å². The molecule has 1 atom stereocenters. The Labute approximate surface area is 127 Å². The number of amides is 1. The number of nitrogens with zero attached hydrogens (tertiary/aromatic N) is 2. The number of carbonyl (C=O) groups excluding carboxylic acids is 1. The van der Waals surface area contributed by atoms with Gasteiger partial charge in [0.25, 0.3) is 0 Å². The maximum absolute atomic E-state index is 12.4. The molecule has 0 aliphatic carbocycles. The number of carbonyl (C=O) groups is 1. The predicted molar refractivity (Wildman–Crippen MR) is 86.5 cm³/mol. The standard InChI is InChI=1S/C18H26N2O/c1-14-7-10-19(11-8-14)18(21)9-12-20-15(2)13-16-5-3-4-6-17(16)20/h3-6,14-15H,7-13H2,1-2H3. The highest BCUT2D eigenvalue weighted by molar-refractivity contribution is 5.77. The van der Waals surface area contributed by atoms with Crippen LogP contribution in [0.5, 0.6) is 0 Å². The van der Waals surface area contributed by atoms with Gasteiger partial charge in [-0.1, -0.05) is 25.1 Å². The average molecular weight is 286 g/mol. The molecular weight excluding hydrogens is 260 g/mol. The lowest BCUT2D eigenvalue weighted by Gasteiger charge is -2.31. The van der Waals surface area contributed by atoms with E-state index in [0.717, 1.165) is 44.8 Å². The Morgan fingerprint density at radius 2 is 1.90 bits per heavy atom. The summed E-state index contributed by atoms with van der Waals surface area (Å²) in [5, 5.41) is 0. The lowest BCUT2D eigenvalue weighted by molar-refractivity contribution is -0.132. The summed E-state index contributed by atoms with van der Waals surface area (Å²) in [6.45, 7) is 7.29. The third kappa shape index (κ3) is 3.07. The number of piperidine rings is 1. The van der Waals surface area contributed by atoms with Gasteiger partial charge in [-0.25, -0.2) is 0 Å². The molecule has 3 nitrogen and oxygen atoms in total. The number of anilines is 1. The number of hydrogen-bond donors (Lipinski definition) is 0. The second kappa shape index (κ2) is 6.08. The Bertz CT molecular complexity index is 506. The highest BCUT2D eigenvalue weighted by atomic mass is 16.2. The molecule has 1 aromatic rings. The molecule has 0 saturated carbocycles. The van der Waals surface area contributed by atoms with Crippen molar-refractivity contribution in [1.29, 1.82) is 0 Å². The third-order valence-electron chi connectivity index (χ3n) is 5.05. The van der Waals surface area contributed by atoms with E-state index in [1.54, 1.807) is 0 Å². The summed E-state index contributed by atoms with van der Waals surface area (Å²) in [5.74, 6) is 1.11. The monoisotopic (exact) mass is 286 g/mol. The summed E-state index contributed by atoms with van der Waals surface area (Å²) in [7, 11) is 0. The van der Waals surface area contributed by atoms with E-state index in [4.69, 9.17) is 0 Å². The molecule has 2 aliphatic heterocycles. The molecule has 0 aromatic heterocycles. The first-order valence-corrected chi connectivity index (χ1v) is 8.27.